The van der Waals surface area contributed by atoms with Crippen molar-refractivity contribution in [3.05, 3.63) is 39.5 Å². The van der Waals surface area contributed by atoms with Crippen LogP contribution >= 0.6 is 0 Å². The Bertz CT molecular complexity index is 1080. The summed E-state index contributed by atoms with van der Waals surface area (Å²) in [4.78, 5) is 25.1. The number of hydrogen-bond acceptors (Lipinski definition) is 8. The summed E-state index contributed by atoms with van der Waals surface area (Å²) < 4.78 is 15.5. The zero-order valence-electron chi connectivity index (χ0n) is 14.0. The highest BCUT2D eigenvalue weighted by atomic mass is 16.5. The standard InChI is InChI=1S/C18H16O8/c1-24-11-7-8(5-6-19)14(21)17-13(11)15(22)12-9(18(23)25-2)3-4-10(20)16(12)26-17/h3-4,7,19-21H,5-6H2,1-2H3. The van der Waals surface area contributed by atoms with Gasteiger partial charge in [0.25, 0.3) is 0 Å². The quantitative estimate of drug-likeness (QED) is 0.474. The number of aromatic hydroxyl groups is 2. The second-order valence-electron chi connectivity index (χ2n) is 5.52. The Kier molecular flexibility index (Phi) is 4.43. The van der Waals surface area contributed by atoms with Crippen molar-refractivity contribution in [2.24, 2.45) is 0 Å². The first kappa shape index (κ1) is 17.6. The summed E-state index contributed by atoms with van der Waals surface area (Å²) in [6, 6.07) is 3.85. The number of benzene rings is 2. The first-order valence-corrected chi connectivity index (χ1v) is 7.65. The van der Waals surface area contributed by atoms with Gasteiger partial charge in [0.15, 0.2) is 22.7 Å². The summed E-state index contributed by atoms with van der Waals surface area (Å²) in [7, 11) is 2.50. The summed E-state index contributed by atoms with van der Waals surface area (Å²) in [5.41, 5.74) is -0.911. The molecule has 136 valence electrons. The molecule has 0 amide bonds. The number of fused-ring (bicyclic) bond motifs is 2. The zero-order valence-corrected chi connectivity index (χ0v) is 14.0. The van der Waals surface area contributed by atoms with Crippen LogP contribution in [-0.2, 0) is 11.2 Å². The number of carbonyl (C=O) groups excluding carboxylic acids is 1. The van der Waals surface area contributed by atoms with Crippen molar-refractivity contribution < 1.29 is 34.0 Å². The third-order valence-electron chi connectivity index (χ3n) is 4.10. The molecular formula is C18H16O8. The van der Waals surface area contributed by atoms with E-state index in [-0.39, 0.29) is 57.8 Å². The lowest BCUT2D eigenvalue weighted by atomic mass is 10.0. The fourth-order valence-electron chi connectivity index (χ4n) is 2.87. The van der Waals surface area contributed by atoms with Crippen molar-refractivity contribution in [1.82, 2.24) is 0 Å². The molecule has 0 aliphatic heterocycles. The molecule has 0 aliphatic carbocycles. The highest BCUT2D eigenvalue weighted by Gasteiger charge is 2.24. The molecule has 0 bridgehead atoms. The highest BCUT2D eigenvalue weighted by molar-refractivity contribution is 6.08. The van der Waals surface area contributed by atoms with Gasteiger partial charge in [0.05, 0.1) is 25.2 Å². The fraction of sp³-hybridized carbons (Fsp3) is 0.222. The number of phenols is 2. The predicted molar refractivity (Wildman–Crippen MR) is 92.0 cm³/mol. The van der Waals surface area contributed by atoms with Crippen LogP contribution in [0.15, 0.2) is 27.4 Å². The number of hydrogen-bond donors (Lipinski definition) is 3. The highest BCUT2D eigenvalue weighted by Crippen LogP contribution is 2.38. The van der Waals surface area contributed by atoms with Gasteiger partial charge in [-0.2, -0.15) is 0 Å². The van der Waals surface area contributed by atoms with Crippen molar-refractivity contribution in [3.63, 3.8) is 0 Å². The molecular weight excluding hydrogens is 344 g/mol. The van der Waals surface area contributed by atoms with E-state index in [2.05, 4.69) is 4.74 Å². The molecule has 0 radical (unpaired) electrons. The lowest BCUT2D eigenvalue weighted by Gasteiger charge is -2.13. The maximum Gasteiger partial charge on any atom is 0.338 e. The second-order valence-corrected chi connectivity index (χ2v) is 5.52. The maximum absolute atomic E-state index is 13.1. The Morgan fingerprint density at radius 2 is 1.88 bits per heavy atom. The number of aliphatic hydroxyl groups is 1. The van der Waals surface area contributed by atoms with Gasteiger partial charge in [-0.3, -0.25) is 4.79 Å². The molecule has 0 fully saturated rings. The van der Waals surface area contributed by atoms with Gasteiger partial charge in [-0.25, -0.2) is 4.79 Å². The van der Waals surface area contributed by atoms with Gasteiger partial charge in [-0.15, -0.1) is 0 Å². The SMILES string of the molecule is COC(=O)c1ccc(O)c2oc3c(O)c(CCO)cc(OC)c3c(=O)c12. The summed E-state index contributed by atoms with van der Waals surface area (Å²) >= 11 is 0. The van der Waals surface area contributed by atoms with Gasteiger partial charge in [0.2, 0.25) is 5.43 Å². The van der Waals surface area contributed by atoms with Crippen LogP contribution in [0.25, 0.3) is 21.9 Å². The van der Waals surface area contributed by atoms with Gasteiger partial charge < -0.3 is 29.2 Å². The Morgan fingerprint density at radius 3 is 2.50 bits per heavy atom. The number of ether oxygens (including phenoxy) is 2. The molecule has 2 aromatic carbocycles. The van der Waals surface area contributed by atoms with Crippen molar-refractivity contribution >= 4 is 27.9 Å². The topological polar surface area (TPSA) is 126 Å². The van der Waals surface area contributed by atoms with E-state index < -0.39 is 11.4 Å². The van der Waals surface area contributed by atoms with Crippen molar-refractivity contribution in [2.45, 2.75) is 6.42 Å². The molecule has 8 nitrogen and oxygen atoms in total. The van der Waals surface area contributed by atoms with Crippen molar-refractivity contribution in [2.75, 3.05) is 20.8 Å². The summed E-state index contributed by atoms with van der Waals surface area (Å²) in [6.45, 7) is -0.238. The van der Waals surface area contributed by atoms with Crippen LogP contribution in [0.4, 0.5) is 0 Å². The fourth-order valence-corrected chi connectivity index (χ4v) is 2.87. The largest absolute Gasteiger partial charge is 0.504 e. The minimum absolute atomic E-state index is 0.0862. The smallest absolute Gasteiger partial charge is 0.338 e. The van der Waals surface area contributed by atoms with Crippen LogP contribution < -0.4 is 10.2 Å². The molecule has 1 aromatic heterocycles. The van der Waals surface area contributed by atoms with E-state index in [0.29, 0.717) is 5.56 Å². The molecule has 0 saturated carbocycles. The number of carbonyl (C=O) groups is 1. The van der Waals surface area contributed by atoms with Crippen LogP contribution in [0.3, 0.4) is 0 Å². The monoisotopic (exact) mass is 360 g/mol. The van der Waals surface area contributed by atoms with Crippen LogP contribution in [0.2, 0.25) is 0 Å². The lowest BCUT2D eigenvalue weighted by molar-refractivity contribution is 0.0603. The zero-order chi connectivity index (χ0) is 19.0. The number of methoxy groups -OCH3 is 2. The Balaban J connectivity index is 2.57. The van der Waals surface area contributed by atoms with E-state index in [1.54, 1.807) is 0 Å². The molecule has 1 heterocycles. The number of aliphatic hydroxyl groups excluding tert-OH is 1. The van der Waals surface area contributed by atoms with E-state index in [9.17, 15) is 19.8 Å². The van der Waals surface area contributed by atoms with Gasteiger partial charge in [0.1, 0.15) is 11.1 Å². The van der Waals surface area contributed by atoms with Gasteiger partial charge >= 0.3 is 5.97 Å². The molecule has 3 rings (SSSR count). The van der Waals surface area contributed by atoms with Crippen molar-refractivity contribution in [1.29, 1.82) is 0 Å². The average Bonchev–Trinajstić information content (AvgIpc) is 2.64. The average molecular weight is 360 g/mol. The summed E-state index contributed by atoms with van der Waals surface area (Å²) in [6.07, 6.45) is 0.105. The Morgan fingerprint density at radius 1 is 1.15 bits per heavy atom. The second kappa shape index (κ2) is 6.57. The number of rotatable bonds is 4. The van der Waals surface area contributed by atoms with E-state index in [1.807, 2.05) is 0 Å². The van der Waals surface area contributed by atoms with Gasteiger partial charge in [-0.05, 0) is 24.6 Å². The molecule has 3 aromatic rings. The normalized spacial score (nSPS) is 11.0. The molecule has 3 N–H and O–H groups in total. The third-order valence-corrected chi connectivity index (χ3v) is 4.10. The summed E-state index contributed by atoms with van der Waals surface area (Å²) in [5, 5.41) is 29.4. The van der Waals surface area contributed by atoms with Crippen LogP contribution in [0.5, 0.6) is 17.2 Å². The van der Waals surface area contributed by atoms with E-state index in [4.69, 9.17) is 14.3 Å². The molecule has 26 heavy (non-hydrogen) atoms. The minimum atomic E-state index is -0.776. The molecule has 0 aliphatic rings. The van der Waals surface area contributed by atoms with E-state index >= 15 is 0 Å². The molecule has 0 unspecified atom stereocenters. The molecule has 8 heteroatoms. The molecule has 0 spiro atoms. The van der Waals surface area contributed by atoms with Gasteiger partial charge in [-0.1, -0.05) is 0 Å². The van der Waals surface area contributed by atoms with Crippen LogP contribution in [0, 0.1) is 0 Å². The Hall–Kier alpha value is -3.26. The minimum Gasteiger partial charge on any atom is -0.504 e. The first-order chi connectivity index (χ1) is 12.4. The maximum atomic E-state index is 13.1. The van der Waals surface area contributed by atoms with Crippen LogP contribution in [0.1, 0.15) is 15.9 Å². The first-order valence-electron chi connectivity index (χ1n) is 7.65. The summed E-state index contributed by atoms with van der Waals surface area (Å²) in [5.74, 6) is -1.40. The number of esters is 1. The number of phenolic OH excluding ortho intramolecular Hbond substituents is 2. The van der Waals surface area contributed by atoms with Crippen molar-refractivity contribution in [3.8, 4) is 17.2 Å². The van der Waals surface area contributed by atoms with E-state index in [1.165, 1.54) is 25.3 Å². The Labute approximate surface area is 146 Å². The van der Waals surface area contributed by atoms with Gasteiger partial charge in [0, 0.05) is 12.2 Å². The molecule has 0 atom stereocenters. The molecule has 0 saturated heterocycles. The lowest BCUT2D eigenvalue weighted by Crippen LogP contribution is -2.11. The third kappa shape index (κ3) is 2.51. The van der Waals surface area contributed by atoms with E-state index in [0.717, 1.165) is 7.11 Å². The predicted octanol–water partition coefficient (Wildman–Crippen LogP) is 1.69. The van der Waals surface area contributed by atoms with Crippen LogP contribution in [-0.4, -0.2) is 42.1 Å².